The van der Waals surface area contributed by atoms with Crippen molar-refractivity contribution in [1.29, 1.82) is 0 Å². The molecule has 0 radical (unpaired) electrons. The molecule has 9 heteroatoms. The zero-order valence-corrected chi connectivity index (χ0v) is 13.7. The lowest BCUT2D eigenvalue weighted by atomic mass is 10.2. The summed E-state index contributed by atoms with van der Waals surface area (Å²) in [6, 6.07) is 6.18. The minimum Gasteiger partial charge on any atom is -0.497 e. The Morgan fingerprint density at radius 3 is 2.84 bits per heavy atom. The molecule has 1 aromatic rings. The van der Waals surface area contributed by atoms with Crippen molar-refractivity contribution in [3.05, 3.63) is 24.3 Å². The highest BCUT2D eigenvalue weighted by molar-refractivity contribution is 6.03. The van der Waals surface area contributed by atoms with Crippen LogP contribution in [0.4, 0.5) is 10.5 Å². The van der Waals surface area contributed by atoms with Gasteiger partial charge in [0.2, 0.25) is 17.7 Å². The third-order valence-corrected chi connectivity index (χ3v) is 4.06. The van der Waals surface area contributed by atoms with Crippen LogP contribution in [0.3, 0.4) is 0 Å². The molecule has 0 aromatic heterocycles. The minimum atomic E-state index is -0.583. The fourth-order valence-corrected chi connectivity index (χ4v) is 2.89. The highest BCUT2D eigenvalue weighted by atomic mass is 16.5. The zero-order valence-electron chi connectivity index (χ0n) is 13.7. The highest BCUT2D eigenvalue weighted by Crippen LogP contribution is 2.25. The van der Waals surface area contributed by atoms with Crippen LogP contribution in [-0.2, 0) is 14.4 Å². The van der Waals surface area contributed by atoms with Gasteiger partial charge in [0.1, 0.15) is 18.8 Å². The normalized spacial score (nSPS) is 20.0. The highest BCUT2D eigenvalue weighted by Gasteiger charge is 2.33. The number of nitrogens with zero attached hydrogens (tertiary/aromatic N) is 2. The van der Waals surface area contributed by atoms with Gasteiger partial charge in [-0.25, -0.2) is 4.79 Å². The van der Waals surface area contributed by atoms with Crippen molar-refractivity contribution in [2.45, 2.75) is 12.5 Å². The van der Waals surface area contributed by atoms with Crippen molar-refractivity contribution in [2.75, 3.05) is 31.6 Å². The second-order valence-electron chi connectivity index (χ2n) is 5.88. The van der Waals surface area contributed by atoms with Gasteiger partial charge in [0.15, 0.2) is 0 Å². The van der Waals surface area contributed by atoms with Crippen LogP contribution in [0.5, 0.6) is 5.75 Å². The van der Waals surface area contributed by atoms with Crippen LogP contribution >= 0.6 is 0 Å². The first-order valence-corrected chi connectivity index (χ1v) is 7.79. The summed E-state index contributed by atoms with van der Waals surface area (Å²) in [4.78, 5) is 49.6. The number of carbonyl (C=O) groups is 4. The smallest absolute Gasteiger partial charge is 0.325 e. The lowest BCUT2D eigenvalue weighted by Gasteiger charge is -2.19. The number of ether oxygens (including phenoxy) is 1. The summed E-state index contributed by atoms with van der Waals surface area (Å²) in [5.41, 5.74) is 0.700. The lowest BCUT2D eigenvalue weighted by Crippen LogP contribution is -2.44. The molecule has 5 amide bonds. The Morgan fingerprint density at radius 2 is 2.16 bits per heavy atom. The molecule has 1 atom stereocenters. The number of methoxy groups -OCH3 is 1. The second-order valence-corrected chi connectivity index (χ2v) is 5.88. The maximum Gasteiger partial charge on any atom is 0.325 e. The summed E-state index contributed by atoms with van der Waals surface area (Å²) in [7, 11) is 1.55. The van der Waals surface area contributed by atoms with Gasteiger partial charge in [0, 0.05) is 24.7 Å². The molecular weight excluding hydrogens is 328 g/mol. The lowest BCUT2D eigenvalue weighted by molar-refractivity contribution is -0.122. The van der Waals surface area contributed by atoms with Gasteiger partial charge < -0.3 is 19.9 Å². The predicted molar refractivity (Wildman–Crippen MR) is 87.0 cm³/mol. The molecule has 0 spiro atoms. The van der Waals surface area contributed by atoms with Gasteiger partial charge in [0.25, 0.3) is 0 Å². The van der Waals surface area contributed by atoms with Crippen molar-refractivity contribution < 1.29 is 23.9 Å². The number of carbonyl (C=O) groups excluding carboxylic acids is 4. The van der Waals surface area contributed by atoms with E-state index in [1.54, 1.807) is 36.3 Å². The number of nitrogens with one attached hydrogen (secondary N) is 2. The molecule has 9 nitrogen and oxygen atoms in total. The fourth-order valence-electron chi connectivity index (χ4n) is 2.89. The topological polar surface area (TPSA) is 108 Å². The first kappa shape index (κ1) is 16.7. The van der Waals surface area contributed by atoms with Gasteiger partial charge in [-0.2, -0.15) is 0 Å². The summed E-state index contributed by atoms with van der Waals surface area (Å²) >= 11 is 0. The summed E-state index contributed by atoms with van der Waals surface area (Å²) in [6.45, 7) is -0.0178. The Labute approximate surface area is 143 Å². The van der Waals surface area contributed by atoms with Crippen molar-refractivity contribution in [2.24, 2.45) is 0 Å². The quantitative estimate of drug-likeness (QED) is 0.697. The van der Waals surface area contributed by atoms with Crippen LogP contribution < -0.4 is 20.3 Å². The van der Waals surface area contributed by atoms with Crippen LogP contribution in [0.2, 0.25) is 0 Å². The van der Waals surface area contributed by atoms with Gasteiger partial charge in [-0.1, -0.05) is 6.07 Å². The van der Waals surface area contributed by atoms with E-state index in [1.807, 2.05) is 0 Å². The molecular formula is C16H18N4O5. The monoisotopic (exact) mass is 346 g/mol. The van der Waals surface area contributed by atoms with Gasteiger partial charge >= 0.3 is 6.03 Å². The van der Waals surface area contributed by atoms with Crippen LogP contribution in [0, 0.1) is 0 Å². The summed E-state index contributed by atoms with van der Waals surface area (Å²) in [6.07, 6.45) is 0.175. The standard InChI is InChI=1S/C16H18N4O5/c1-25-12-4-2-3-11(6-12)20-7-10(5-15(20)23)17-13(21)8-19-9-14(22)18-16(19)24/h2-4,6,10H,5,7-9H2,1H3,(H,17,21)(H,18,22,24)/t10-/m1/s1. The van der Waals surface area contributed by atoms with E-state index in [1.165, 1.54) is 0 Å². The number of rotatable bonds is 5. The molecule has 0 bridgehead atoms. The van der Waals surface area contributed by atoms with Gasteiger partial charge in [-0.05, 0) is 12.1 Å². The maximum absolute atomic E-state index is 12.2. The Balaban J connectivity index is 1.58. The molecule has 0 aliphatic carbocycles. The molecule has 0 saturated carbocycles. The van der Waals surface area contributed by atoms with E-state index in [9.17, 15) is 19.2 Å². The Bertz CT molecular complexity index is 735. The van der Waals surface area contributed by atoms with Crippen LogP contribution in [-0.4, -0.2) is 61.4 Å². The SMILES string of the molecule is COc1cccc(N2C[C@H](NC(=O)CN3CC(=O)NC3=O)CC2=O)c1. The molecule has 2 fully saturated rings. The molecule has 2 N–H and O–H groups in total. The first-order chi connectivity index (χ1) is 12.0. The van der Waals surface area contributed by atoms with Crippen molar-refractivity contribution in [3.63, 3.8) is 0 Å². The number of imide groups is 1. The Morgan fingerprint density at radius 1 is 1.36 bits per heavy atom. The average Bonchev–Trinajstić information content (AvgIpc) is 3.09. The number of benzene rings is 1. The van der Waals surface area contributed by atoms with E-state index < -0.39 is 17.8 Å². The zero-order chi connectivity index (χ0) is 18.0. The number of hydrogen-bond acceptors (Lipinski definition) is 5. The molecule has 2 saturated heterocycles. The molecule has 3 rings (SSSR count). The molecule has 2 aliphatic rings. The average molecular weight is 346 g/mol. The first-order valence-electron chi connectivity index (χ1n) is 7.79. The van der Waals surface area contributed by atoms with Crippen molar-refractivity contribution in [1.82, 2.24) is 15.5 Å². The van der Waals surface area contributed by atoms with E-state index in [0.717, 1.165) is 4.90 Å². The molecule has 2 heterocycles. The van der Waals surface area contributed by atoms with Gasteiger partial charge in [0.05, 0.1) is 13.2 Å². The summed E-state index contributed by atoms with van der Waals surface area (Å²) < 4.78 is 5.16. The van der Waals surface area contributed by atoms with E-state index in [0.29, 0.717) is 18.0 Å². The minimum absolute atomic E-state index is 0.104. The Kier molecular flexibility index (Phi) is 4.55. The molecule has 1 aromatic carbocycles. The van der Waals surface area contributed by atoms with Crippen LogP contribution in [0.25, 0.3) is 0 Å². The predicted octanol–water partition coefficient (Wildman–Crippen LogP) is -0.531. The number of amides is 5. The number of urea groups is 1. The van der Waals surface area contributed by atoms with Crippen molar-refractivity contribution >= 4 is 29.4 Å². The van der Waals surface area contributed by atoms with Crippen molar-refractivity contribution in [3.8, 4) is 5.75 Å². The third kappa shape index (κ3) is 3.70. The van der Waals surface area contributed by atoms with Crippen LogP contribution in [0.15, 0.2) is 24.3 Å². The summed E-state index contributed by atoms with van der Waals surface area (Å²) in [5.74, 6) is -0.302. The Hall–Kier alpha value is -3.10. The fraction of sp³-hybridized carbons (Fsp3) is 0.375. The molecule has 0 unspecified atom stereocenters. The van der Waals surface area contributed by atoms with Crippen LogP contribution in [0.1, 0.15) is 6.42 Å². The number of anilines is 1. The molecule has 2 aliphatic heterocycles. The number of hydrogen-bond donors (Lipinski definition) is 2. The van der Waals surface area contributed by atoms with E-state index >= 15 is 0 Å². The van der Waals surface area contributed by atoms with Gasteiger partial charge in [-0.3, -0.25) is 19.7 Å². The molecule has 25 heavy (non-hydrogen) atoms. The van der Waals surface area contributed by atoms with E-state index in [2.05, 4.69) is 10.6 Å². The largest absolute Gasteiger partial charge is 0.497 e. The maximum atomic E-state index is 12.2. The molecule has 132 valence electrons. The second kappa shape index (κ2) is 6.80. The summed E-state index contributed by atoms with van der Waals surface area (Å²) in [5, 5.41) is 4.84. The van der Waals surface area contributed by atoms with Gasteiger partial charge in [-0.15, -0.1) is 0 Å². The van der Waals surface area contributed by atoms with E-state index in [-0.39, 0.29) is 31.5 Å². The van der Waals surface area contributed by atoms with E-state index in [4.69, 9.17) is 4.74 Å². The third-order valence-electron chi connectivity index (χ3n) is 4.06.